The molecule has 1 aromatic rings. The third-order valence-corrected chi connectivity index (χ3v) is 2.01. The number of Topliss-reactive ketones (excluding diaryl/α,β-unsaturated/α-hetero) is 1. The second-order valence-electron chi connectivity index (χ2n) is 1.96. The molecule has 1 rings (SSSR count). The minimum absolute atomic E-state index is 0.421. The SMILES string of the molecule is CC(F)C(=O)c1cccs1. The standard InChI is InChI=1S/C7H7FOS/c1-5(8)7(9)6-3-2-4-10-6/h2-5H,1H3. The number of alkyl halides is 1. The van der Waals surface area contributed by atoms with Crippen molar-refractivity contribution in [2.75, 3.05) is 0 Å². The minimum Gasteiger partial charge on any atom is -0.290 e. The molecule has 1 atom stereocenters. The van der Waals surface area contributed by atoms with Crippen LogP contribution in [0.15, 0.2) is 17.5 Å². The van der Waals surface area contributed by atoms with E-state index in [0.717, 1.165) is 0 Å². The van der Waals surface area contributed by atoms with Crippen molar-refractivity contribution >= 4 is 17.1 Å². The van der Waals surface area contributed by atoms with Crippen LogP contribution < -0.4 is 0 Å². The number of carbonyl (C=O) groups is 1. The van der Waals surface area contributed by atoms with Gasteiger partial charge in [0.25, 0.3) is 0 Å². The molecule has 0 aliphatic carbocycles. The molecule has 0 radical (unpaired) electrons. The fourth-order valence-corrected chi connectivity index (χ4v) is 1.35. The summed E-state index contributed by atoms with van der Waals surface area (Å²) in [6, 6.07) is 3.36. The van der Waals surface area contributed by atoms with Crippen LogP contribution in [0.3, 0.4) is 0 Å². The molecule has 0 fully saturated rings. The van der Waals surface area contributed by atoms with Crippen LogP contribution in [-0.4, -0.2) is 12.0 Å². The molecule has 1 unspecified atom stereocenters. The van der Waals surface area contributed by atoms with E-state index in [4.69, 9.17) is 0 Å². The van der Waals surface area contributed by atoms with Crippen molar-refractivity contribution in [3.8, 4) is 0 Å². The molecule has 1 aromatic heterocycles. The summed E-state index contributed by atoms with van der Waals surface area (Å²) < 4.78 is 12.3. The average Bonchev–Trinajstić information content (AvgIpc) is 2.36. The fraction of sp³-hybridized carbons (Fsp3) is 0.286. The van der Waals surface area contributed by atoms with Gasteiger partial charge >= 0.3 is 0 Å². The predicted molar refractivity (Wildman–Crippen MR) is 39.2 cm³/mol. The van der Waals surface area contributed by atoms with E-state index in [1.54, 1.807) is 17.5 Å². The fourth-order valence-electron chi connectivity index (χ4n) is 0.615. The summed E-state index contributed by atoms with van der Waals surface area (Å²) in [5.74, 6) is -0.421. The lowest BCUT2D eigenvalue weighted by atomic mass is 10.2. The Morgan fingerprint density at radius 2 is 2.50 bits per heavy atom. The van der Waals surface area contributed by atoms with Crippen LogP contribution in [0.2, 0.25) is 0 Å². The van der Waals surface area contributed by atoms with Gasteiger partial charge in [-0.2, -0.15) is 0 Å². The quantitative estimate of drug-likeness (QED) is 0.603. The Hall–Kier alpha value is -0.700. The van der Waals surface area contributed by atoms with E-state index in [9.17, 15) is 9.18 Å². The van der Waals surface area contributed by atoms with Crippen molar-refractivity contribution in [1.29, 1.82) is 0 Å². The van der Waals surface area contributed by atoms with Crippen LogP contribution in [0, 0.1) is 0 Å². The second-order valence-corrected chi connectivity index (χ2v) is 2.91. The highest BCUT2D eigenvalue weighted by molar-refractivity contribution is 7.12. The third kappa shape index (κ3) is 1.42. The average molecular weight is 158 g/mol. The Morgan fingerprint density at radius 1 is 1.80 bits per heavy atom. The van der Waals surface area contributed by atoms with Crippen LogP contribution in [0.25, 0.3) is 0 Å². The van der Waals surface area contributed by atoms with Gasteiger partial charge in [0, 0.05) is 0 Å². The number of rotatable bonds is 2. The Balaban J connectivity index is 2.78. The summed E-state index contributed by atoms with van der Waals surface area (Å²) in [5, 5.41) is 1.76. The molecule has 0 saturated carbocycles. The van der Waals surface area contributed by atoms with Gasteiger partial charge in [0.15, 0.2) is 6.17 Å². The summed E-state index contributed by atoms with van der Waals surface area (Å²) >= 11 is 1.27. The molecule has 54 valence electrons. The molecule has 1 nitrogen and oxygen atoms in total. The van der Waals surface area contributed by atoms with E-state index in [-0.39, 0.29) is 0 Å². The van der Waals surface area contributed by atoms with Gasteiger partial charge in [0.05, 0.1) is 4.88 Å². The molecular formula is C7H7FOS. The van der Waals surface area contributed by atoms with Crippen LogP contribution >= 0.6 is 11.3 Å². The Bertz CT molecular complexity index is 216. The van der Waals surface area contributed by atoms with Crippen molar-refractivity contribution in [3.05, 3.63) is 22.4 Å². The van der Waals surface area contributed by atoms with E-state index in [2.05, 4.69) is 0 Å². The summed E-state index contributed by atoms with van der Waals surface area (Å²) in [4.78, 5) is 11.3. The predicted octanol–water partition coefficient (Wildman–Crippen LogP) is 2.29. The third-order valence-electron chi connectivity index (χ3n) is 1.13. The van der Waals surface area contributed by atoms with Gasteiger partial charge < -0.3 is 0 Å². The molecule has 0 aliphatic heterocycles. The molecule has 0 spiro atoms. The number of carbonyl (C=O) groups excluding carboxylic acids is 1. The first-order valence-electron chi connectivity index (χ1n) is 2.93. The second kappa shape index (κ2) is 2.92. The lowest BCUT2D eigenvalue weighted by Gasteiger charge is -1.94. The Labute approximate surface area is 62.5 Å². The van der Waals surface area contributed by atoms with Gasteiger partial charge in [0.1, 0.15) is 0 Å². The number of ketones is 1. The number of halogens is 1. The zero-order chi connectivity index (χ0) is 7.56. The number of thiophene rings is 1. The highest BCUT2D eigenvalue weighted by atomic mass is 32.1. The zero-order valence-corrected chi connectivity index (χ0v) is 6.32. The lowest BCUT2D eigenvalue weighted by molar-refractivity contribution is 0.0897. The smallest absolute Gasteiger partial charge is 0.206 e. The van der Waals surface area contributed by atoms with Gasteiger partial charge in [-0.05, 0) is 18.4 Å². The van der Waals surface area contributed by atoms with Crippen LogP contribution in [0.4, 0.5) is 4.39 Å². The molecule has 0 amide bonds. The van der Waals surface area contributed by atoms with Crippen molar-refractivity contribution in [3.63, 3.8) is 0 Å². The molecule has 0 aromatic carbocycles. The van der Waals surface area contributed by atoms with E-state index < -0.39 is 12.0 Å². The van der Waals surface area contributed by atoms with Crippen LogP contribution in [0.1, 0.15) is 16.6 Å². The molecule has 0 aliphatic rings. The molecule has 0 N–H and O–H groups in total. The lowest BCUT2D eigenvalue weighted by Crippen LogP contribution is -2.09. The minimum atomic E-state index is -1.38. The van der Waals surface area contributed by atoms with Crippen molar-refractivity contribution in [2.24, 2.45) is 0 Å². The molecule has 3 heteroatoms. The number of hydrogen-bond donors (Lipinski definition) is 0. The van der Waals surface area contributed by atoms with Crippen molar-refractivity contribution in [2.45, 2.75) is 13.1 Å². The Morgan fingerprint density at radius 3 is 2.90 bits per heavy atom. The van der Waals surface area contributed by atoms with Gasteiger partial charge in [-0.15, -0.1) is 11.3 Å². The van der Waals surface area contributed by atoms with Gasteiger partial charge in [-0.1, -0.05) is 6.07 Å². The van der Waals surface area contributed by atoms with E-state index >= 15 is 0 Å². The van der Waals surface area contributed by atoms with Gasteiger partial charge in [-0.25, -0.2) is 4.39 Å². The van der Waals surface area contributed by atoms with Crippen LogP contribution in [0.5, 0.6) is 0 Å². The van der Waals surface area contributed by atoms with E-state index in [1.807, 2.05) is 0 Å². The maximum Gasteiger partial charge on any atom is 0.206 e. The van der Waals surface area contributed by atoms with E-state index in [0.29, 0.717) is 4.88 Å². The largest absolute Gasteiger partial charge is 0.290 e. The number of hydrogen-bond acceptors (Lipinski definition) is 2. The topological polar surface area (TPSA) is 17.1 Å². The Kier molecular flexibility index (Phi) is 2.17. The van der Waals surface area contributed by atoms with Crippen molar-refractivity contribution < 1.29 is 9.18 Å². The molecule has 10 heavy (non-hydrogen) atoms. The van der Waals surface area contributed by atoms with Crippen molar-refractivity contribution in [1.82, 2.24) is 0 Å². The summed E-state index contributed by atoms with van der Waals surface area (Å²) in [6.07, 6.45) is -1.38. The maximum absolute atomic E-state index is 12.3. The molecule has 0 saturated heterocycles. The van der Waals surface area contributed by atoms with E-state index in [1.165, 1.54) is 18.3 Å². The maximum atomic E-state index is 12.3. The zero-order valence-electron chi connectivity index (χ0n) is 5.50. The summed E-state index contributed by atoms with van der Waals surface area (Å²) in [7, 11) is 0. The first-order chi connectivity index (χ1) is 4.72. The monoisotopic (exact) mass is 158 g/mol. The van der Waals surface area contributed by atoms with Gasteiger partial charge in [0.2, 0.25) is 5.78 Å². The van der Waals surface area contributed by atoms with Crippen LogP contribution in [-0.2, 0) is 0 Å². The highest BCUT2D eigenvalue weighted by Crippen LogP contribution is 2.12. The summed E-state index contributed by atoms with van der Waals surface area (Å²) in [5.41, 5.74) is 0. The first kappa shape index (κ1) is 7.41. The first-order valence-corrected chi connectivity index (χ1v) is 3.81. The molecule has 0 bridgehead atoms. The van der Waals surface area contributed by atoms with Gasteiger partial charge in [-0.3, -0.25) is 4.79 Å². The molecular weight excluding hydrogens is 151 g/mol. The summed E-state index contributed by atoms with van der Waals surface area (Å²) in [6.45, 7) is 1.25. The molecule has 1 heterocycles. The highest BCUT2D eigenvalue weighted by Gasteiger charge is 2.13. The normalized spacial score (nSPS) is 13.0.